The standard InChI is InChI=1S/C36H33NO6S/c1-41-28-13-9-26(10-14-28)36(40)43-30-17-18-31-32(23-30)44-35(25-5-11-27(38)12-6-25)33(31)34(39)24-7-15-29(16-8-24)42-22-21-37-19-3-2-4-20-37/h5-18,23,38H,2-4,19-22H2,1H3. The number of carbonyl (C=O) groups is 2. The Balaban J connectivity index is 1.25. The largest absolute Gasteiger partial charge is 0.508 e. The number of methoxy groups -OCH3 is 1. The number of fused-ring (bicyclic) bond motifs is 1. The number of thiophene rings is 1. The highest BCUT2D eigenvalue weighted by atomic mass is 32.1. The van der Waals surface area contributed by atoms with Crippen molar-refractivity contribution < 1.29 is 28.9 Å². The summed E-state index contributed by atoms with van der Waals surface area (Å²) in [4.78, 5) is 30.0. The number of aromatic hydroxyl groups is 1. The normalized spacial score (nSPS) is 13.5. The third kappa shape index (κ3) is 6.61. The van der Waals surface area contributed by atoms with Gasteiger partial charge in [0, 0.05) is 32.6 Å². The van der Waals surface area contributed by atoms with Gasteiger partial charge in [0.1, 0.15) is 29.6 Å². The van der Waals surface area contributed by atoms with Crippen LogP contribution in [-0.4, -0.2) is 55.1 Å². The van der Waals surface area contributed by atoms with Crippen molar-refractivity contribution in [1.82, 2.24) is 4.90 Å². The number of rotatable bonds is 10. The van der Waals surface area contributed by atoms with Crippen LogP contribution in [0.1, 0.15) is 45.5 Å². The van der Waals surface area contributed by atoms with Gasteiger partial charge in [-0.3, -0.25) is 9.69 Å². The highest BCUT2D eigenvalue weighted by molar-refractivity contribution is 7.22. The minimum absolute atomic E-state index is 0.123. The maximum absolute atomic E-state index is 14.0. The van der Waals surface area contributed by atoms with Crippen LogP contribution in [0, 0.1) is 0 Å². The van der Waals surface area contributed by atoms with E-state index in [0.29, 0.717) is 34.8 Å². The molecule has 44 heavy (non-hydrogen) atoms. The monoisotopic (exact) mass is 607 g/mol. The lowest BCUT2D eigenvalue weighted by molar-refractivity contribution is 0.0734. The lowest BCUT2D eigenvalue weighted by atomic mass is 9.97. The zero-order valence-corrected chi connectivity index (χ0v) is 25.3. The van der Waals surface area contributed by atoms with E-state index in [1.165, 1.54) is 30.6 Å². The van der Waals surface area contributed by atoms with Gasteiger partial charge in [0.2, 0.25) is 0 Å². The number of carbonyl (C=O) groups excluding carboxylic acids is 2. The molecule has 4 aromatic carbocycles. The maximum atomic E-state index is 14.0. The van der Waals surface area contributed by atoms with Crippen molar-refractivity contribution in [3.05, 3.63) is 108 Å². The number of phenolic OH excluding ortho intramolecular Hbond substituents is 1. The van der Waals surface area contributed by atoms with Gasteiger partial charge in [-0.2, -0.15) is 0 Å². The molecule has 0 aliphatic carbocycles. The Labute approximate surface area is 260 Å². The topological polar surface area (TPSA) is 85.3 Å². The fraction of sp³-hybridized carbons (Fsp3) is 0.222. The number of hydrogen-bond acceptors (Lipinski definition) is 8. The zero-order chi connectivity index (χ0) is 30.5. The van der Waals surface area contributed by atoms with Crippen molar-refractivity contribution in [1.29, 1.82) is 0 Å². The molecule has 5 aromatic rings. The zero-order valence-electron chi connectivity index (χ0n) is 24.5. The van der Waals surface area contributed by atoms with Crippen LogP contribution in [0.4, 0.5) is 0 Å². The minimum atomic E-state index is -0.489. The third-order valence-corrected chi connectivity index (χ3v) is 9.00. The lowest BCUT2D eigenvalue weighted by Gasteiger charge is -2.26. The quantitative estimate of drug-likeness (QED) is 0.0994. The number of esters is 1. The summed E-state index contributed by atoms with van der Waals surface area (Å²) in [7, 11) is 1.57. The first kappa shape index (κ1) is 29.4. The van der Waals surface area contributed by atoms with Crippen molar-refractivity contribution in [3.8, 4) is 33.4 Å². The molecule has 1 aromatic heterocycles. The summed E-state index contributed by atoms with van der Waals surface area (Å²) in [6, 6.07) is 26.1. The van der Waals surface area contributed by atoms with Crippen LogP contribution in [0.5, 0.6) is 23.0 Å². The predicted molar refractivity (Wildman–Crippen MR) is 173 cm³/mol. The number of ether oxygens (including phenoxy) is 3. The molecule has 0 amide bonds. The van der Waals surface area contributed by atoms with Crippen molar-refractivity contribution in [3.63, 3.8) is 0 Å². The molecule has 1 saturated heterocycles. The van der Waals surface area contributed by atoms with Crippen molar-refractivity contribution in [2.24, 2.45) is 0 Å². The van der Waals surface area contributed by atoms with E-state index >= 15 is 0 Å². The van der Waals surface area contributed by atoms with Crippen LogP contribution in [-0.2, 0) is 0 Å². The average Bonchev–Trinajstić information content (AvgIpc) is 3.44. The molecule has 1 fully saturated rings. The lowest BCUT2D eigenvalue weighted by Crippen LogP contribution is -2.33. The van der Waals surface area contributed by atoms with Gasteiger partial charge >= 0.3 is 5.97 Å². The summed E-state index contributed by atoms with van der Waals surface area (Å²) in [5, 5.41) is 10.6. The molecule has 0 bridgehead atoms. The molecule has 0 spiro atoms. The molecular weight excluding hydrogens is 574 g/mol. The van der Waals surface area contributed by atoms with E-state index in [4.69, 9.17) is 14.2 Å². The maximum Gasteiger partial charge on any atom is 0.343 e. The molecule has 0 saturated carbocycles. The number of benzene rings is 4. The molecule has 0 unspecified atom stereocenters. The van der Waals surface area contributed by atoms with E-state index in [2.05, 4.69) is 4.90 Å². The van der Waals surface area contributed by atoms with Crippen LogP contribution < -0.4 is 14.2 Å². The molecule has 0 radical (unpaired) electrons. The van der Waals surface area contributed by atoms with E-state index in [1.807, 2.05) is 18.2 Å². The predicted octanol–water partition coefficient (Wildman–Crippen LogP) is 7.60. The summed E-state index contributed by atoms with van der Waals surface area (Å²) >= 11 is 1.44. The van der Waals surface area contributed by atoms with Crippen molar-refractivity contribution in [2.75, 3.05) is 33.4 Å². The van der Waals surface area contributed by atoms with Gasteiger partial charge in [0.05, 0.1) is 12.7 Å². The fourth-order valence-electron chi connectivity index (χ4n) is 5.40. The number of phenols is 1. The molecular formula is C36H33NO6S. The molecule has 8 heteroatoms. The van der Waals surface area contributed by atoms with E-state index in [1.54, 1.807) is 79.9 Å². The van der Waals surface area contributed by atoms with Crippen LogP contribution in [0.3, 0.4) is 0 Å². The van der Waals surface area contributed by atoms with Gasteiger partial charge in [-0.25, -0.2) is 4.79 Å². The number of likely N-dealkylation sites (tertiary alicyclic amines) is 1. The molecule has 1 N–H and O–H groups in total. The van der Waals surface area contributed by atoms with Crippen LogP contribution in [0.15, 0.2) is 91.0 Å². The second kappa shape index (κ2) is 13.3. The first-order valence-corrected chi connectivity index (χ1v) is 15.5. The SMILES string of the molecule is COc1ccc(C(=O)Oc2ccc3c(C(=O)c4ccc(OCCN5CCCCC5)cc4)c(-c4ccc(O)cc4)sc3c2)cc1. The smallest absolute Gasteiger partial charge is 0.343 e. The number of ketones is 1. The van der Waals surface area contributed by atoms with Gasteiger partial charge in [-0.15, -0.1) is 11.3 Å². The highest BCUT2D eigenvalue weighted by Gasteiger charge is 2.23. The van der Waals surface area contributed by atoms with Gasteiger partial charge < -0.3 is 19.3 Å². The molecule has 224 valence electrons. The Morgan fingerprint density at radius 2 is 1.45 bits per heavy atom. The Kier molecular flexibility index (Phi) is 8.91. The Bertz CT molecular complexity index is 1750. The van der Waals surface area contributed by atoms with Gasteiger partial charge in [0.15, 0.2) is 5.78 Å². The summed E-state index contributed by atoms with van der Waals surface area (Å²) < 4.78 is 17.6. The van der Waals surface area contributed by atoms with Gasteiger partial charge in [-0.1, -0.05) is 6.42 Å². The second-order valence-electron chi connectivity index (χ2n) is 10.7. The Morgan fingerprint density at radius 3 is 2.16 bits per heavy atom. The molecule has 6 rings (SSSR count). The van der Waals surface area contributed by atoms with Crippen LogP contribution in [0.25, 0.3) is 20.5 Å². The average molecular weight is 608 g/mol. The van der Waals surface area contributed by atoms with Crippen molar-refractivity contribution >= 4 is 33.2 Å². The highest BCUT2D eigenvalue weighted by Crippen LogP contribution is 2.42. The summed E-state index contributed by atoms with van der Waals surface area (Å²) in [5.74, 6) is 1.29. The second-order valence-corrected chi connectivity index (χ2v) is 11.8. The van der Waals surface area contributed by atoms with E-state index < -0.39 is 5.97 Å². The molecule has 2 heterocycles. The van der Waals surface area contributed by atoms with Gasteiger partial charge in [-0.05, 0) is 122 Å². The number of nitrogens with zero attached hydrogens (tertiary/aromatic N) is 1. The van der Waals surface area contributed by atoms with E-state index in [0.717, 1.165) is 45.9 Å². The van der Waals surface area contributed by atoms with E-state index in [-0.39, 0.29) is 11.5 Å². The van der Waals surface area contributed by atoms with Gasteiger partial charge in [0.25, 0.3) is 0 Å². The van der Waals surface area contributed by atoms with E-state index in [9.17, 15) is 14.7 Å². The third-order valence-electron chi connectivity index (χ3n) is 7.80. The Morgan fingerprint density at radius 1 is 0.795 bits per heavy atom. The molecule has 0 atom stereocenters. The first-order valence-electron chi connectivity index (χ1n) is 14.7. The summed E-state index contributed by atoms with van der Waals surface area (Å²) in [5.41, 5.74) is 2.31. The molecule has 1 aliphatic heterocycles. The van der Waals surface area contributed by atoms with Crippen LogP contribution in [0.2, 0.25) is 0 Å². The first-order chi connectivity index (χ1) is 21.5. The number of hydrogen-bond donors (Lipinski definition) is 1. The van der Waals surface area contributed by atoms with Crippen LogP contribution >= 0.6 is 11.3 Å². The molecule has 1 aliphatic rings. The fourth-order valence-corrected chi connectivity index (χ4v) is 6.63. The number of piperidine rings is 1. The Hall–Kier alpha value is -4.66. The summed E-state index contributed by atoms with van der Waals surface area (Å²) in [6.45, 7) is 3.76. The summed E-state index contributed by atoms with van der Waals surface area (Å²) in [6.07, 6.45) is 3.80. The van der Waals surface area contributed by atoms with Crippen molar-refractivity contribution in [2.45, 2.75) is 19.3 Å². The molecule has 7 nitrogen and oxygen atoms in total. The minimum Gasteiger partial charge on any atom is -0.508 e.